The van der Waals surface area contributed by atoms with Crippen LogP contribution >= 0.6 is 0 Å². The Morgan fingerprint density at radius 2 is 1.67 bits per heavy atom. The molecule has 0 amide bonds. The van der Waals surface area contributed by atoms with Crippen molar-refractivity contribution in [3.63, 3.8) is 0 Å². The lowest BCUT2D eigenvalue weighted by molar-refractivity contribution is 0.219. The molecule has 0 radical (unpaired) electrons. The van der Waals surface area contributed by atoms with Gasteiger partial charge >= 0.3 is 0 Å². The van der Waals surface area contributed by atoms with E-state index in [1.54, 1.807) is 0 Å². The van der Waals surface area contributed by atoms with Crippen LogP contribution in [0.25, 0.3) is 0 Å². The predicted molar refractivity (Wildman–Crippen MR) is 51.0 cm³/mol. The highest BCUT2D eigenvalue weighted by atomic mass is 14.9. The van der Waals surface area contributed by atoms with Gasteiger partial charge in [0.2, 0.25) is 0 Å². The van der Waals surface area contributed by atoms with E-state index in [0.717, 1.165) is 5.92 Å². The monoisotopic (exact) mass is 168 g/mol. The molecule has 2 heteroatoms. The second kappa shape index (κ2) is 3.35. The van der Waals surface area contributed by atoms with E-state index in [1.165, 1.54) is 51.6 Å². The van der Waals surface area contributed by atoms with Crippen molar-refractivity contribution in [1.82, 2.24) is 5.32 Å². The fraction of sp³-hybridized carbons (Fsp3) is 1.00. The number of nitrogens with one attached hydrogen (secondary N) is 1. The van der Waals surface area contributed by atoms with E-state index in [4.69, 9.17) is 5.73 Å². The summed E-state index contributed by atoms with van der Waals surface area (Å²) in [7, 11) is 0. The van der Waals surface area contributed by atoms with Gasteiger partial charge in [0.15, 0.2) is 0 Å². The van der Waals surface area contributed by atoms with Gasteiger partial charge in [0.1, 0.15) is 0 Å². The van der Waals surface area contributed by atoms with E-state index in [9.17, 15) is 0 Å². The summed E-state index contributed by atoms with van der Waals surface area (Å²) in [5, 5.41) is 3.40. The molecule has 1 heterocycles. The lowest BCUT2D eigenvalue weighted by Crippen LogP contribution is -2.48. The Morgan fingerprint density at radius 1 is 1.08 bits per heavy atom. The summed E-state index contributed by atoms with van der Waals surface area (Å²) in [6.07, 6.45) is 7.88. The van der Waals surface area contributed by atoms with E-state index in [1.807, 2.05) is 0 Å². The first-order valence-corrected chi connectivity index (χ1v) is 5.31. The summed E-state index contributed by atoms with van der Waals surface area (Å²) in [5.41, 5.74) is 6.63. The van der Waals surface area contributed by atoms with Crippen LogP contribution in [0.3, 0.4) is 0 Å². The van der Waals surface area contributed by atoms with Crippen LogP contribution in [0.2, 0.25) is 0 Å². The Kier molecular flexibility index (Phi) is 2.37. The third kappa shape index (κ3) is 1.50. The van der Waals surface area contributed by atoms with Crippen LogP contribution in [0.15, 0.2) is 0 Å². The molecule has 2 nitrogen and oxygen atoms in total. The van der Waals surface area contributed by atoms with Crippen LogP contribution in [-0.4, -0.2) is 18.6 Å². The van der Waals surface area contributed by atoms with E-state index >= 15 is 0 Å². The molecule has 0 aromatic rings. The summed E-state index contributed by atoms with van der Waals surface area (Å²) in [5.74, 6) is 0.807. The normalized spacial score (nSPS) is 30.8. The molecule has 12 heavy (non-hydrogen) atoms. The lowest BCUT2D eigenvalue weighted by atomic mass is 9.78. The molecule has 3 N–H and O–H groups in total. The van der Waals surface area contributed by atoms with Crippen LogP contribution < -0.4 is 11.1 Å². The Labute approximate surface area is 74.9 Å². The zero-order valence-electron chi connectivity index (χ0n) is 7.81. The molecule has 0 atom stereocenters. The predicted octanol–water partition coefficient (Wildman–Crippen LogP) is 1.26. The molecular weight excluding hydrogens is 148 g/mol. The summed E-state index contributed by atoms with van der Waals surface area (Å²) >= 11 is 0. The van der Waals surface area contributed by atoms with Gasteiger partial charge in [-0.25, -0.2) is 0 Å². The summed E-state index contributed by atoms with van der Waals surface area (Å²) in [4.78, 5) is 0. The van der Waals surface area contributed by atoms with E-state index in [0.29, 0.717) is 0 Å². The highest BCUT2D eigenvalue weighted by Gasteiger charge is 2.37. The Bertz CT molecular complexity index is 144. The number of nitrogens with two attached hydrogens (primary N) is 1. The van der Waals surface area contributed by atoms with Crippen molar-refractivity contribution in [3.8, 4) is 0 Å². The average molecular weight is 168 g/mol. The summed E-state index contributed by atoms with van der Waals surface area (Å²) < 4.78 is 0. The van der Waals surface area contributed by atoms with Crippen molar-refractivity contribution in [2.75, 3.05) is 13.1 Å². The van der Waals surface area contributed by atoms with Crippen molar-refractivity contribution in [1.29, 1.82) is 0 Å². The molecule has 0 bridgehead atoms. The van der Waals surface area contributed by atoms with Crippen LogP contribution in [0.4, 0.5) is 0 Å². The Balaban J connectivity index is 1.96. The largest absolute Gasteiger partial charge is 0.325 e. The highest BCUT2D eigenvalue weighted by Crippen LogP contribution is 2.37. The van der Waals surface area contributed by atoms with Gasteiger partial charge in [-0.15, -0.1) is 0 Å². The second-order valence-corrected chi connectivity index (χ2v) is 4.46. The fourth-order valence-corrected chi connectivity index (χ4v) is 2.84. The van der Waals surface area contributed by atoms with Gasteiger partial charge < -0.3 is 11.1 Å². The van der Waals surface area contributed by atoms with Crippen LogP contribution in [0.1, 0.15) is 38.5 Å². The van der Waals surface area contributed by atoms with Crippen molar-refractivity contribution in [2.45, 2.75) is 44.1 Å². The molecule has 1 saturated heterocycles. The third-order valence-corrected chi connectivity index (χ3v) is 3.69. The highest BCUT2D eigenvalue weighted by molar-refractivity contribution is 4.96. The zero-order chi connectivity index (χ0) is 8.44. The van der Waals surface area contributed by atoms with Crippen molar-refractivity contribution >= 4 is 0 Å². The lowest BCUT2D eigenvalue weighted by Gasteiger charge is -2.36. The van der Waals surface area contributed by atoms with Crippen LogP contribution in [0.5, 0.6) is 0 Å². The first-order valence-electron chi connectivity index (χ1n) is 5.31. The zero-order valence-corrected chi connectivity index (χ0v) is 7.81. The maximum atomic E-state index is 6.41. The first-order chi connectivity index (χ1) is 5.81. The Morgan fingerprint density at radius 3 is 2.25 bits per heavy atom. The number of hydrogen-bond acceptors (Lipinski definition) is 2. The smallest absolute Gasteiger partial charge is 0.0183 e. The molecule has 2 aliphatic rings. The van der Waals surface area contributed by atoms with Gasteiger partial charge in [-0.1, -0.05) is 12.8 Å². The maximum Gasteiger partial charge on any atom is 0.0183 e. The minimum Gasteiger partial charge on any atom is -0.325 e. The first kappa shape index (κ1) is 8.52. The third-order valence-electron chi connectivity index (χ3n) is 3.69. The van der Waals surface area contributed by atoms with Crippen molar-refractivity contribution in [2.24, 2.45) is 11.7 Å². The number of piperidine rings is 1. The summed E-state index contributed by atoms with van der Waals surface area (Å²) in [6, 6.07) is 0. The van der Waals surface area contributed by atoms with Crippen molar-refractivity contribution in [3.05, 3.63) is 0 Å². The second-order valence-electron chi connectivity index (χ2n) is 4.46. The van der Waals surface area contributed by atoms with Crippen LogP contribution in [0, 0.1) is 5.92 Å². The molecule has 1 aliphatic carbocycles. The fourth-order valence-electron chi connectivity index (χ4n) is 2.84. The standard InChI is InChI=1S/C10H20N2/c11-10(5-1-2-6-10)9-3-7-12-8-4-9/h9,12H,1-8,11H2. The quantitative estimate of drug-likeness (QED) is 0.618. The molecule has 1 aliphatic heterocycles. The summed E-state index contributed by atoms with van der Waals surface area (Å²) in [6.45, 7) is 2.37. The molecule has 1 saturated carbocycles. The molecule has 0 spiro atoms. The molecule has 0 aromatic carbocycles. The van der Waals surface area contributed by atoms with E-state index in [2.05, 4.69) is 5.32 Å². The van der Waals surface area contributed by atoms with Crippen LogP contribution in [-0.2, 0) is 0 Å². The topological polar surface area (TPSA) is 38.0 Å². The van der Waals surface area contributed by atoms with Gasteiger partial charge in [-0.05, 0) is 44.7 Å². The minimum atomic E-state index is 0.224. The van der Waals surface area contributed by atoms with E-state index in [-0.39, 0.29) is 5.54 Å². The average Bonchev–Trinajstić information content (AvgIpc) is 2.55. The van der Waals surface area contributed by atoms with Gasteiger partial charge in [-0.2, -0.15) is 0 Å². The van der Waals surface area contributed by atoms with Gasteiger partial charge in [-0.3, -0.25) is 0 Å². The Hall–Kier alpha value is -0.0800. The van der Waals surface area contributed by atoms with Crippen molar-refractivity contribution < 1.29 is 0 Å². The van der Waals surface area contributed by atoms with Gasteiger partial charge in [0.05, 0.1) is 0 Å². The molecule has 70 valence electrons. The minimum absolute atomic E-state index is 0.224. The molecular formula is C10H20N2. The number of rotatable bonds is 1. The van der Waals surface area contributed by atoms with Gasteiger partial charge in [0.25, 0.3) is 0 Å². The molecule has 2 rings (SSSR count). The van der Waals surface area contributed by atoms with Gasteiger partial charge in [0, 0.05) is 5.54 Å². The maximum absolute atomic E-state index is 6.41. The number of hydrogen-bond donors (Lipinski definition) is 2. The SMILES string of the molecule is NC1(C2CCNCC2)CCCC1. The molecule has 0 aromatic heterocycles. The van der Waals surface area contributed by atoms with E-state index < -0.39 is 0 Å². The molecule has 2 fully saturated rings. The molecule has 0 unspecified atom stereocenters.